The van der Waals surface area contributed by atoms with Gasteiger partial charge in [0.2, 0.25) is 0 Å². The van der Waals surface area contributed by atoms with Crippen LogP contribution in [0.1, 0.15) is 18.1 Å². The summed E-state index contributed by atoms with van der Waals surface area (Å²) in [6, 6.07) is 8.52. The Morgan fingerprint density at radius 2 is 2.33 bits per heavy atom. The lowest BCUT2D eigenvalue weighted by Gasteiger charge is -2.03. The first-order valence-corrected chi connectivity index (χ1v) is 5.06. The van der Waals surface area contributed by atoms with Gasteiger partial charge in [0.05, 0.1) is 6.33 Å². The van der Waals surface area contributed by atoms with Gasteiger partial charge in [0.1, 0.15) is 0 Å². The normalized spacial score (nSPS) is 11.0. The first-order valence-electron chi connectivity index (χ1n) is 5.06. The first kappa shape index (κ1) is 9.71. The van der Waals surface area contributed by atoms with E-state index in [0.29, 0.717) is 0 Å². The fraction of sp³-hybridized carbons (Fsp3) is 0.154. The number of allylic oxidation sites excluding steroid dienone is 1. The van der Waals surface area contributed by atoms with E-state index in [1.807, 2.05) is 19.4 Å². The summed E-state index contributed by atoms with van der Waals surface area (Å²) in [5, 5.41) is 0. The van der Waals surface area contributed by atoms with Crippen LogP contribution in [0, 0.1) is 0 Å². The number of rotatable bonds is 3. The maximum atomic E-state index is 4.03. The minimum atomic E-state index is 0.880. The van der Waals surface area contributed by atoms with Crippen molar-refractivity contribution in [3.05, 3.63) is 60.2 Å². The Labute approximate surface area is 89.9 Å². The molecule has 76 valence electrons. The van der Waals surface area contributed by atoms with E-state index in [1.54, 1.807) is 6.20 Å². The van der Waals surface area contributed by atoms with E-state index >= 15 is 0 Å². The van der Waals surface area contributed by atoms with Gasteiger partial charge in [0.15, 0.2) is 0 Å². The summed E-state index contributed by atoms with van der Waals surface area (Å²) in [4.78, 5) is 4.03. The molecule has 0 atom stereocenters. The summed E-state index contributed by atoms with van der Waals surface area (Å²) < 4.78 is 2.06. The third kappa shape index (κ3) is 2.56. The summed E-state index contributed by atoms with van der Waals surface area (Å²) in [7, 11) is 0. The van der Waals surface area contributed by atoms with Crippen molar-refractivity contribution in [2.75, 3.05) is 0 Å². The molecule has 0 aliphatic heterocycles. The summed E-state index contributed by atoms with van der Waals surface area (Å²) in [6.45, 7) is 2.91. The molecule has 2 heteroatoms. The predicted octanol–water partition coefficient (Wildman–Crippen LogP) is 2.96. The summed E-state index contributed by atoms with van der Waals surface area (Å²) >= 11 is 0. The van der Waals surface area contributed by atoms with E-state index in [4.69, 9.17) is 0 Å². The van der Waals surface area contributed by atoms with E-state index in [1.165, 1.54) is 11.1 Å². The van der Waals surface area contributed by atoms with Gasteiger partial charge in [0.25, 0.3) is 0 Å². The highest BCUT2D eigenvalue weighted by Crippen LogP contribution is 2.08. The molecule has 0 fully saturated rings. The van der Waals surface area contributed by atoms with Crippen molar-refractivity contribution in [1.29, 1.82) is 0 Å². The number of benzene rings is 1. The van der Waals surface area contributed by atoms with Crippen molar-refractivity contribution >= 4 is 6.08 Å². The van der Waals surface area contributed by atoms with Crippen LogP contribution in [0.3, 0.4) is 0 Å². The van der Waals surface area contributed by atoms with Crippen LogP contribution in [-0.2, 0) is 6.54 Å². The molecule has 2 rings (SSSR count). The molecule has 0 saturated carbocycles. The zero-order valence-corrected chi connectivity index (χ0v) is 8.80. The molecule has 2 aromatic rings. The lowest BCUT2D eigenvalue weighted by molar-refractivity contribution is 0.797. The summed E-state index contributed by atoms with van der Waals surface area (Å²) in [6.07, 6.45) is 9.77. The number of nitrogens with zero attached hydrogens (tertiary/aromatic N) is 2. The zero-order valence-electron chi connectivity index (χ0n) is 8.80. The SMILES string of the molecule is CC=Cc1cccc(Cn2ccnc2)c1. The Morgan fingerprint density at radius 3 is 3.07 bits per heavy atom. The maximum Gasteiger partial charge on any atom is 0.0949 e. The van der Waals surface area contributed by atoms with Crippen molar-refractivity contribution in [2.45, 2.75) is 13.5 Å². The Morgan fingerprint density at radius 1 is 1.40 bits per heavy atom. The second-order valence-corrected chi connectivity index (χ2v) is 3.48. The van der Waals surface area contributed by atoms with E-state index in [0.717, 1.165) is 6.54 Å². The average molecular weight is 198 g/mol. The third-order valence-corrected chi connectivity index (χ3v) is 2.23. The van der Waals surface area contributed by atoms with Crippen molar-refractivity contribution in [1.82, 2.24) is 9.55 Å². The third-order valence-electron chi connectivity index (χ3n) is 2.23. The molecule has 1 aromatic carbocycles. The van der Waals surface area contributed by atoms with Crippen LogP contribution in [-0.4, -0.2) is 9.55 Å². The molecule has 1 heterocycles. The predicted molar refractivity (Wildman–Crippen MR) is 62.5 cm³/mol. The lowest BCUT2D eigenvalue weighted by Crippen LogP contribution is -1.96. The van der Waals surface area contributed by atoms with Crippen LogP contribution in [0.5, 0.6) is 0 Å². The number of imidazole rings is 1. The van der Waals surface area contributed by atoms with Crippen LogP contribution >= 0.6 is 0 Å². The van der Waals surface area contributed by atoms with Gasteiger partial charge >= 0.3 is 0 Å². The van der Waals surface area contributed by atoms with Crippen molar-refractivity contribution in [2.24, 2.45) is 0 Å². The number of hydrogen-bond acceptors (Lipinski definition) is 1. The molecule has 0 aliphatic rings. The fourth-order valence-electron chi connectivity index (χ4n) is 1.58. The quantitative estimate of drug-likeness (QED) is 0.741. The molecule has 0 N–H and O–H groups in total. The second-order valence-electron chi connectivity index (χ2n) is 3.48. The topological polar surface area (TPSA) is 17.8 Å². The van der Waals surface area contributed by atoms with Gasteiger partial charge in [-0.15, -0.1) is 0 Å². The zero-order chi connectivity index (χ0) is 10.5. The molecular formula is C13H14N2. The highest BCUT2D eigenvalue weighted by Gasteiger charge is 1.94. The largest absolute Gasteiger partial charge is 0.333 e. The molecule has 0 amide bonds. The Kier molecular flexibility index (Phi) is 2.98. The summed E-state index contributed by atoms with van der Waals surface area (Å²) in [5.74, 6) is 0. The number of hydrogen-bond donors (Lipinski definition) is 0. The molecule has 1 aromatic heterocycles. The maximum absolute atomic E-state index is 4.03. The fourth-order valence-corrected chi connectivity index (χ4v) is 1.58. The van der Waals surface area contributed by atoms with Gasteiger partial charge in [0, 0.05) is 18.9 Å². The summed E-state index contributed by atoms with van der Waals surface area (Å²) in [5.41, 5.74) is 2.54. The minimum Gasteiger partial charge on any atom is -0.333 e. The van der Waals surface area contributed by atoms with Gasteiger partial charge in [-0.3, -0.25) is 0 Å². The van der Waals surface area contributed by atoms with Crippen LogP contribution < -0.4 is 0 Å². The molecule has 0 unspecified atom stereocenters. The van der Waals surface area contributed by atoms with E-state index in [9.17, 15) is 0 Å². The molecule has 2 nitrogen and oxygen atoms in total. The van der Waals surface area contributed by atoms with Crippen molar-refractivity contribution < 1.29 is 0 Å². The smallest absolute Gasteiger partial charge is 0.0949 e. The van der Waals surface area contributed by atoms with E-state index < -0.39 is 0 Å². The Bertz CT molecular complexity index is 441. The van der Waals surface area contributed by atoms with Gasteiger partial charge in [-0.05, 0) is 24.1 Å². The van der Waals surface area contributed by atoms with Crippen LogP contribution in [0.2, 0.25) is 0 Å². The lowest BCUT2D eigenvalue weighted by atomic mass is 10.1. The molecule has 0 radical (unpaired) electrons. The van der Waals surface area contributed by atoms with E-state index in [2.05, 4.69) is 46.0 Å². The average Bonchev–Trinajstić information content (AvgIpc) is 2.71. The highest BCUT2D eigenvalue weighted by atomic mass is 15.0. The van der Waals surface area contributed by atoms with Crippen LogP contribution in [0.4, 0.5) is 0 Å². The molecular weight excluding hydrogens is 184 g/mol. The Hall–Kier alpha value is -1.83. The monoisotopic (exact) mass is 198 g/mol. The van der Waals surface area contributed by atoms with Gasteiger partial charge < -0.3 is 4.57 Å². The molecule has 0 aliphatic carbocycles. The molecule has 0 saturated heterocycles. The number of aromatic nitrogens is 2. The van der Waals surface area contributed by atoms with Crippen LogP contribution in [0.15, 0.2) is 49.1 Å². The van der Waals surface area contributed by atoms with Crippen molar-refractivity contribution in [3.8, 4) is 0 Å². The van der Waals surface area contributed by atoms with Gasteiger partial charge in [-0.25, -0.2) is 4.98 Å². The minimum absolute atomic E-state index is 0.880. The van der Waals surface area contributed by atoms with Crippen molar-refractivity contribution in [3.63, 3.8) is 0 Å². The Balaban J connectivity index is 2.18. The van der Waals surface area contributed by atoms with E-state index in [-0.39, 0.29) is 0 Å². The molecule has 0 spiro atoms. The standard InChI is InChI=1S/C13H14N2/c1-2-4-12-5-3-6-13(9-12)10-15-8-7-14-11-15/h2-9,11H,10H2,1H3. The first-order chi connectivity index (χ1) is 7.38. The van der Waals surface area contributed by atoms with Gasteiger partial charge in [-0.2, -0.15) is 0 Å². The van der Waals surface area contributed by atoms with Crippen LogP contribution in [0.25, 0.3) is 6.08 Å². The highest BCUT2D eigenvalue weighted by molar-refractivity contribution is 5.49. The molecule has 0 bridgehead atoms. The molecule has 15 heavy (non-hydrogen) atoms. The second kappa shape index (κ2) is 4.60. The van der Waals surface area contributed by atoms with Gasteiger partial charge in [-0.1, -0.05) is 30.4 Å².